The van der Waals surface area contributed by atoms with Gasteiger partial charge < -0.3 is 4.90 Å². The largest absolute Gasteiger partial charge is 0.335 e. The van der Waals surface area contributed by atoms with Gasteiger partial charge in [-0.2, -0.15) is 9.40 Å². The number of carbonyl (C=O) groups is 1. The van der Waals surface area contributed by atoms with Crippen LogP contribution in [-0.4, -0.2) is 59.5 Å². The Kier molecular flexibility index (Phi) is 6.32. The number of piperazine rings is 1. The summed E-state index contributed by atoms with van der Waals surface area (Å²) in [7, 11) is -3.61. The second-order valence-corrected chi connectivity index (χ2v) is 11.2. The summed E-state index contributed by atoms with van der Waals surface area (Å²) in [5.41, 5.74) is 1.18. The third-order valence-corrected chi connectivity index (χ3v) is 7.33. The van der Waals surface area contributed by atoms with Crippen molar-refractivity contribution in [2.45, 2.75) is 51.0 Å². The number of nitrogens with zero attached hydrogens (tertiary/aromatic N) is 4. The molecule has 0 bridgehead atoms. The Hall–Kier alpha value is -1.90. The first-order valence-corrected chi connectivity index (χ1v) is 11.9. The van der Waals surface area contributed by atoms with Crippen LogP contribution < -0.4 is 0 Å². The molecule has 7 nitrogen and oxygen atoms in total. The zero-order valence-electron chi connectivity index (χ0n) is 18.1. The van der Waals surface area contributed by atoms with Gasteiger partial charge in [-0.1, -0.05) is 25.4 Å². The van der Waals surface area contributed by atoms with Crippen LogP contribution >= 0.6 is 11.6 Å². The van der Waals surface area contributed by atoms with Gasteiger partial charge in [0.05, 0.1) is 10.4 Å². The molecule has 30 heavy (non-hydrogen) atoms. The number of aromatic nitrogens is 2. The van der Waals surface area contributed by atoms with E-state index in [0.717, 1.165) is 5.69 Å². The predicted molar refractivity (Wildman–Crippen MR) is 117 cm³/mol. The van der Waals surface area contributed by atoms with Crippen molar-refractivity contribution in [3.05, 3.63) is 46.7 Å². The normalized spacial score (nSPS) is 16.3. The molecule has 1 aliphatic heterocycles. The highest BCUT2D eigenvalue weighted by molar-refractivity contribution is 7.89. The number of halogens is 1. The maximum Gasteiger partial charge on any atom is 0.274 e. The zero-order chi connectivity index (χ0) is 22.3. The van der Waals surface area contributed by atoms with E-state index in [1.807, 2.05) is 10.7 Å². The second kappa shape index (κ2) is 8.32. The second-order valence-electron chi connectivity index (χ2n) is 8.84. The molecule has 1 saturated heterocycles. The third kappa shape index (κ3) is 4.55. The quantitative estimate of drug-likeness (QED) is 0.710. The Balaban J connectivity index is 1.74. The summed E-state index contributed by atoms with van der Waals surface area (Å²) in [6.07, 6.45) is 0. The minimum atomic E-state index is -3.61. The maximum atomic E-state index is 13.0. The smallest absolute Gasteiger partial charge is 0.274 e. The highest BCUT2D eigenvalue weighted by Gasteiger charge is 2.32. The van der Waals surface area contributed by atoms with Crippen molar-refractivity contribution in [3.8, 4) is 0 Å². The Morgan fingerprint density at radius 3 is 2.10 bits per heavy atom. The van der Waals surface area contributed by atoms with Gasteiger partial charge in [0.1, 0.15) is 0 Å². The van der Waals surface area contributed by atoms with Crippen LogP contribution in [0.25, 0.3) is 0 Å². The van der Waals surface area contributed by atoms with Crippen molar-refractivity contribution in [3.63, 3.8) is 0 Å². The summed E-state index contributed by atoms with van der Waals surface area (Å²) < 4.78 is 29.0. The molecule has 1 fully saturated rings. The van der Waals surface area contributed by atoms with Crippen LogP contribution in [0.5, 0.6) is 0 Å². The van der Waals surface area contributed by atoms with E-state index in [1.54, 1.807) is 17.0 Å². The fourth-order valence-corrected chi connectivity index (χ4v) is 5.05. The van der Waals surface area contributed by atoms with E-state index >= 15 is 0 Å². The number of hydrogen-bond donors (Lipinski definition) is 0. The lowest BCUT2D eigenvalue weighted by Crippen LogP contribution is -2.50. The van der Waals surface area contributed by atoms with Crippen LogP contribution in [0.3, 0.4) is 0 Å². The first-order chi connectivity index (χ1) is 13.9. The third-order valence-electron chi connectivity index (χ3n) is 5.16. The van der Waals surface area contributed by atoms with Crippen molar-refractivity contribution in [2.24, 2.45) is 0 Å². The molecule has 0 spiro atoms. The number of rotatable bonds is 4. The lowest BCUT2D eigenvalue weighted by molar-refractivity contribution is 0.0690. The van der Waals surface area contributed by atoms with Crippen molar-refractivity contribution < 1.29 is 13.2 Å². The van der Waals surface area contributed by atoms with Crippen LogP contribution in [0.1, 0.15) is 56.7 Å². The van der Waals surface area contributed by atoms with Crippen LogP contribution in [0, 0.1) is 0 Å². The van der Waals surface area contributed by atoms with E-state index < -0.39 is 10.0 Å². The Morgan fingerprint density at radius 2 is 1.63 bits per heavy atom. The van der Waals surface area contributed by atoms with Crippen LogP contribution in [0.2, 0.25) is 5.02 Å². The number of sulfonamides is 1. The molecule has 0 radical (unpaired) electrons. The first kappa shape index (κ1) is 22.8. The SMILES string of the molecule is CC(C)c1cc(C(=O)N2CCN(S(=O)(=O)c3ccc(Cl)cc3)CC2)nn1C(C)(C)C. The average molecular weight is 453 g/mol. The summed E-state index contributed by atoms with van der Waals surface area (Å²) in [5.74, 6) is 0.0723. The molecule has 0 N–H and O–H groups in total. The molecule has 1 aromatic carbocycles. The molecule has 2 heterocycles. The van der Waals surface area contributed by atoms with E-state index in [4.69, 9.17) is 11.6 Å². The van der Waals surface area contributed by atoms with Crippen LogP contribution in [0.15, 0.2) is 35.2 Å². The van der Waals surface area contributed by atoms with Gasteiger partial charge in [-0.05, 0) is 57.0 Å². The molecule has 1 aromatic heterocycles. The van der Waals surface area contributed by atoms with Gasteiger partial charge in [0.25, 0.3) is 5.91 Å². The minimum Gasteiger partial charge on any atom is -0.335 e. The van der Waals surface area contributed by atoms with Crippen molar-refractivity contribution >= 4 is 27.5 Å². The van der Waals surface area contributed by atoms with E-state index in [-0.39, 0.29) is 35.3 Å². The molecule has 9 heteroatoms. The molecular weight excluding hydrogens is 424 g/mol. The summed E-state index contributed by atoms with van der Waals surface area (Å²) in [4.78, 5) is 14.9. The summed E-state index contributed by atoms with van der Waals surface area (Å²) in [5, 5.41) is 5.07. The molecular formula is C21H29ClN4O3S. The van der Waals surface area contributed by atoms with E-state index in [0.29, 0.717) is 23.8 Å². The standard InChI is InChI=1S/C21H29ClN4O3S/c1-15(2)19-14-18(23-26(19)21(3,4)5)20(27)24-10-12-25(13-11-24)30(28,29)17-8-6-16(22)7-9-17/h6-9,14-15H,10-13H2,1-5H3. The van der Waals surface area contributed by atoms with Gasteiger partial charge in [-0.25, -0.2) is 8.42 Å². The number of benzene rings is 1. The Labute approximate surface area is 183 Å². The predicted octanol–water partition coefficient (Wildman–Crippen LogP) is 3.56. The Morgan fingerprint density at radius 1 is 1.07 bits per heavy atom. The summed E-state index contributed by atoms with van der Waals surface area (Å²) in [6.45, 7) is 11.5. The highest BCUT2D eigenvalue weighted by Crippen LogP contribution is 2.25. The van der Waals surface area contributed by atoms with Gasteiger partial charge in [0.2, 0.25) is 10.0 Å². The van der Waals surface area contributed by atoms with E-state index in [1.165, 1.54) is 16.4 Å². The molecule has 3 rings (SSSR count). The molecule has 1 amide bonds. The fraction of sp³-hybridized carbons (Fsp3) is 0.524. The van der Waals surface area contributed by atoms with Gasteiger partial charge in [0, 0.05) is 36.9 Å². The van der Waals surface area contributed by atoms with Gasteiger partial charge in [-0.15, -0.1) is 0 Å². The number of carbonyl (C=O) groups excluding carboxylic acids is 1. The molecule has 164 valence electrons. The molecule has 0 saturated carbocycles. The molecule has 0 unspecified atom stereocenters. The highest BCUT2D eigenvalue weighted by atomic mass is 35.5. The van der Waals surface area contributed by atoms with Crippen molar-refractivity contribution in [1.29, 1.82) is 0 Å². The zero-order valence-corrected chi connectivity index (χ0v) is 19.7. The van der Waals surface area contributed by atoms with E-state index in [9.17, 15) is 13.2 Å². The lowest BCUT2D eigenvalue weighted by Gasteiger charge is -2.33. The lowest BCUT2D eigenvalue weighted by atomic mass is 10.1. The molecule has 0 aliphatic carbocycles. The van der Waals surface area contributed by atoms with Crippen LogP contribution in [0.4, 0.5) is 0 Å². The van der Waals surface area contributed by atoms with Gasteiger partial charge >= 0.3 is 0 Å². The first-order valence-electron chi connectivity index (χ1n) is 10.1. The van der Waals surface area contributed by atoms with Crippen LogP contribution in [-0.2, 0) is 15.6 Å². The van der Waals surface area contributed by atoms with E-state index in [2.05, 4.69) is 39.7 Å². The van der Waals surface area contributed by atoms with Gasteiger partial charge in [-0.3, -0.25) is 9.48 Å². The molecule has 0 atom stereocenters. The number of hydrogen-bond acceptors (Lipinski definition) is 4. The van der Waals surface area contributed by atoms with Crippen molar-refractivity contribution in [2.75, 3.05) is 26.2 Å². The average Bonchev–Trinajstić information content (AvgIpc) is 3.14. The number of amides is 1. The van der Waals surface area contributed by atoms with Crippen molar-refractivity contribution in [1.82, 2.24) is 19.0 Å². The molecule has 2 aromatic rings. The monoisotopic (exact) mass is 452 g/mol. The maximum absolute atomic E-state index is 13.0. The minimum absolute atomic E-state index is 0.163. The summed E-state index contributed by atoms with van der Waals surface area (Å²) in [6, 6.07) is 7.98. The van der Waals surface area contributed by atoms with Gasteiger partial charge in [0.15, 0.2) is 5.69 Å². The fourth-order valence-electron chi connectivity index (χ4n) is 3.50. The molecule has 1 aliphatic rings. The summed E-state index contributed by atoms with van der Waals surface area (Å²) >= 11 is 5.86. The topological polar surface area (TPSA) is 75.5 Å². The Bertz CT molecular complexity index is 1020.